The SMILES string of the molecule is Cc1ccc(-n2c(SCc3cccc(C)c3)nnc2C(C)NC(=O)c2cc(Cl)cc(Cl)c2)cc1. The second-order valence-corrected chi connectivity index (χ2v) is 9.96. The topological polar surface area (TPSA) is 59.8 Å². The van der Waals surface area contributed by atoms with E-state index in [2.05, 4.69) is 46.7 Å². The van der Waals surface area contributed by atoms with E-state index in [1.165, 1.54) is 11.1 Å². The van der Waals surface area contributed by atoms with Crippen LogP contribution in [0.3, 0.4) is 0 Å². The fourth-order valence-corrected chi connectivity index (χ4v) is 5.00. The minimum atomic E-state index is -0.410. The first-order chi connectivity index (χ1) is 16.3. The minimum Gasteiger partial charge on any atom is -0.342 e. The van der Waals surface area contributed by atoms with Gasteiger partial charge in [-0.2, -0.15) is 0 Å². The van der Waals surface area contributed by atoms with Crippen molar-refractivity contribution in [2.45, 2.75) is 37.7 Å². The Labute approximate surface area is 213 Å². The first kappa shape index (κ1) is 24.3. The van der Waals surface area contributed by atoms with Gasteiger partial charge in [-0.05, 0) is 56.7 Å². The smallest absolute Gasteiger partial charge is 0.251 e. The number of benzene rings is 3. The summed E-state index contributed by atoms with van der Waals surface area (Å²) in [7, 11) is 0. The number of thioether (sulfide) groups is 1. The zero-order chi connectivity index (χ0) is 24.2. The highest BCUT2D eigenvalue weighted by Gasteiger charge is 2.22. The molecular formula is C26H24Cl2N4OS. The van der Waals surface area contributed by atoms with Crippen molar-refractivity contribution >= 4 is 40.9 Å². The van der Waals surface area contributed by atoms with E-state index in [-0.39, 0.29) is 5.91 Å². The molecule has 4 aromatic rings. The summed E-state index contributed by atoms with van der Waals surface area (Å²) in [5.41, 5.74) is 4.91. The van der Waals surface area contributed by atoms with Gasteiger partial charge in [-0.3, -0.25) is 9.36 Å². The van der Waals surface area contributed by atoms with Crippen LogP contribution in [0.5, 0.6) is 0 Å². The maximum atomic E-state index is 12.9. The van der Waals surface area contributed by atoms with Crippen molar-refractivity contribution < 1.29 is 4.79 Å². The largest absolute Gasteiger partial charge is 0.342 e. The summed E-state index contributed by atoms with van der Waals surface area (Å²) in [5, 5.41) is 13.5. The van der Waals surface area contributed by atoms with Crippen molar-refractivity contribution in [3.05, 3.63) is 105 Å². The minimum absolute atomic E-state index is 0.288. The highest BCUT2D eigenvalue weighted by atomic mass is 35.5. The third-order valence-electron chi connectivity index (χ3n) is 5.26. The Balaban J connectivity index is 1.63. The van der Waals surface area contributed by atoms with Crippen LogP contribution in [0, 0.1) is 13.8 Å². The molecule has 0 bridgehead atoms. The molecule has 0 fully saturated rings. The average Bonchev–Trinajstić information content (AvgIpc) is 3.22. The highest BCUT2D eigenvalue weighted by Crippen LogP contribution is 2.28. The van der Waals surface area contributed by atoms with Gasteiger partial charge in [0.25, 0.3) is 5.91 Å². The van der Waals surface area contributed by atoms with Crippen LogP contribution < -0.4 is 5.32 Å². The number of carbonyl (C=O) groups excluding carboxylic acids is 1. The van der Waals surface area contributed by atoms with Crippen LogP contribution in [0.1, 0.15) is 45.8 Å². The van der Waals surface area contributed by atoms with Crippen LogP contribution in [0.25, 0.3) is 5.69 Å². The Bertz CT molecular complexity index is 1300. The lowest BCUT2D eigenvalue weighted by Crippen LogP contribution is -2.28. The van der Waals surface area contributed by atoms with Crippen molar-refractivity contribution in [1.29, 1.82) is 0 Å². The second kappa shape index (κ2) is 10.6. The van der Waals surface area contributed by atoms with Gasteiger partial charge < -0.3 is 5.32 Å². The molecule has 3 aromatic carbocycles. The number of amides is 1. The van der Waals surface area contributed by atoms with E-state index in [4.69, 9.17) is 23.2 Å². The third-order valence-corrected chi connectivity index (χ3v) is 6.70. The summed E-state index contributed by atoms with van der Waals surface area (Å²) < 4.78 is 2.00. The number of hydrogen-bond acceptors (Lipinski definition) is 4. The van der Waals surface area contributed by atoms with Crippen molar-refractivity contribution in [1.82, 2.24) is 20.1 Å². The Kier molecular flexibility index (Phi) is 7.61. The van der Waals surface area contributed by atoms with Crippen molar-refractivity contribution in [2.75, 3.05) is 0 Å². The van der Waals surface area contributed by atoms with E-state index in [0.717, 1.165) is 22.2 Å². The maximum absolute atomic E-state index is 12.9. The normalized spacial score (nSPS) is 11.9. The molecule has 34 heavy (non-hydrogen) atoms. The Morgan fingerprint density at radius 3 is 2.35 bits per heavy atom. The standard InChI is InChI=1S/C26H24Cl2N4OS/c1-16-7-9-23(10-8-16)32-24(18(3)29-25(33)20-12-21(27)14-22(28)13-20)30-31-26(32)34-15-19-6-4-5-17(2)11-19/h4-14,18H,15H2,1-3H3,(H,29,33). The van der Waals surface area contributed by atoms with Crippen molar-refractivity contribution in [3.63, 3.8) is 0 Å². The van der Waals surface area contributed by atoms with Crippen LogP contribution in [0.4, 0.5) is 0 Å². The van der Waals surface area contributed by atoms with Crippen molar-refractivity contribution in [3.8, 4) is 5.69 Å². The van der Waals surface area contributed by atoms with Crippen LogP contribution in [-0.2, 0) is 5.75 Å². The monoisotopic (exact) mass is 510 g/mol. The van der Waals surface area contributed by atoms with Crippen LogP contribution in [0.15, 0.2) is 71.9 Å². The quantitative estimate of drug-likeness (QED) is 0.272. The van der Waals surface area contributed by atoms with Gasteiger partial charge in [-0.15, -0.1) is 10.2 Å². The molecule has 1 heterocycles. The molecule has 1 amide bonds. The lowest BCUT2D eigenvalue weighted by Gasteiger charge is -2.17. The zero-order valence-electron chi connectivity index (χ0n) is 19.0. The molecule has 4 rings (SSSR count). The number of aromatic nitrogens is 3. The average molecular weight is 511 g/mol. The molecule has 8 heteroatoms. The number of aryl methyl sites for hydroxylation is 2. The predicted octanol–water partition coefficient (Wildman–Crippen LogP) is 6.97. The van der Waals surface area contributed by atoms with Gasteiger partial charge in [0.1, 0.15) is 0 Å². The third kappa shape index (κ3) is 5.81. The summed E-state index contributed by atoms with van der Waals surface area (Å²) in [6, 6.07) is 20.9. The molecule has 1 aromatic heterocycles. The first-order valence-electron chi connectivity index (χ1n) is 10.8. The van der Waals surface area contributed by atoms with Gasteiger partial charge in [-0.25, -0.2) is 0 Å². The second-order valence-electron chi connectivity index (χ2n) is 8.14. The lowest BCUT2D eigenvalue weighted by molar-refractivity contribution is 0.0938. The summed E-state index contributed by atoms with van der Waals surface area (Å²) in [5.74, 6) is 1.11. The van der Waals surface area contributed by atoms with Gasteiger partial charge in [0.15, 0.2) is 11.0 Å². The van der Waals surface area contributed by atoms with Crippen LogP contribution in [0.2, 0.25) is 10.0 Å². The van der Waals surface area contributed by atoms with E-state index in [1.807, 2.05) is 42.7 Å². The Morgan fingerprint density at radius 2 is 1.68 bits per heavy atom. The molecule has 0 spiro atoms. The lowest BCUT2D eigenvalue weighted by atomic mass is 10.2. The molecule has 1 atom stereocenters. The van der Waals surface area contributed by atoms with Gasteiger partial charge in [0.2, 0.25) is 0 Å². The Hall–Kier alpha value is -2.80. The van der Waals surface area contributed by atoms with Crippen LogP contribution in [-0.4, -0.2) is 20.7 Å². The fourth-order valence-electron chi connectivity index (χ4n) is 3.57. The molecule has 1 N–H and O–H groups in total. The van der Waals surface area contributed by atoms with Crippen molar-refractivity contribution in [2.24, 2.45) is 0 Å². The zero-order valence-corrected chi connectivity index (χ0v) is 21.4. The fraction of sp³-hybridized carbons (Fsp3) is 0.192. The molecule has 0 saturated carbocycles. The van der Waals surface area contributed by atoms with Crippen LogP contribution >= 0.6 is 35.0 Å². The predicted molar refractivity (Wildman–Crippen MR) is 139 cm³/mol. The molecule has 5 nitrogen and oxygen atoms in total. The number of hydrogen-bond donors (Lipinski definition) is 1. The molecule has 174 valence electrons. The number of nitrogens with zero attached hydrogens (tertiary/aromatic N) is 3. The molecule has 0 aliphatic carbocycles. The summed E-state index contributed by atoms with van der Waals surface area (Å²) >= 11 is 13.7. The molecule has 0 radical (unpaired) electrons. The van der Waals surface area contributed by atoms with E-state index in [0.29, 0.717) is 21.4 Å². The van der Waals surface area contributed by atoms with Gasteiger partial charge >= 0.3 is 0 Å². The van der Waals surface area contributed by atoms with E-state index in [9.17, 15) is 4.79 Å². The number of nitrogens with one attached hydrogen (secondary N) is 1. The summed E-state index contributed by atoms with van der Waals surface area (Å²) in [6.07, 6.45) is 0. The van der Waals surface area contributed by atoms with E-state index >= 15 is 0 Å². The maximum Gasteiger partial charge on any atom is 0.251 e. The van der Waals surface area contributed by atoms with Gasteiger partial charge in [0.05, 0.1) is 6.04 Å². The molecule has 0 aliphatic heterocycles. The number of halogens is 2. The van der Waals surface area contributed by atoms with Gasteiger partial charge in [0, 0.05) is 27.0 Å². The summed E-state index contributed by atoms with van der Waals surface area (Å²) in [4.78, 5) is 12.9. The van der Waals surface area contributed by atoms with E-state index < -0.39 is 6.04 Å². The highest BCUT2D eigenvalue weighted by molar-refractivity contribution is 7.98. The number of rotatable bonds is 7. The number of carbonyl (C=O) groups is 1. The molecule has 0 aliphatic rings. The molecular weight excluding hydrogens is 487 g/mol. The van der Waals surface area contributed by atoms with E-state index in [1.54, 1.807) is 30.0 Å². The Morgan fingerprint density at radius 1 is 0.971 bits per heavy atom. The molecule has 0 saturated heterocycles. The first-order valence-corrected chi connectivity index (χ1v) is 12.5. The van der Waals surface area contributed by atoms with Gasteiger partial charge in [-0.1, -0.05) is 82.5 Å². The molecule has 1 unspecified atom stereocenters. The summed E-state index contributed by atoms with van der Waals surface area (Å²) in [6.45, 7) is 6.01.